The zero-order valence-corrected chi connectivity index (χ0v) is 18.5. The number of amides is 1. The van der Waals surface area contributed by atoms with E-state index < -0.39 is 11.7 Å². The number of aliphatic imine (C=N–C) groups is 1. The standard InChI is InChI=1S/C22H35FN4O3/c1-21(2,3)30-20(28)26-12-6-11-25-19(24-4)27-16-22(9-13-29-14-10-22)17-7-5-8-18(23)15-17/h5,7-8,15H,6,9-14,16H2,1-4H3,(H,26,28)(H2,24,25,27). The summed E-state index contributed by atoms with van der Waals surface area (Å²) >= 11 is 0. The molecule has 30 heavy (non-hydrogen) atoms. The molecule has 0 spiro atoms. The lowest BCUT2D eigenvalue weighted by molar-refractivity contribution is 0.0511. The Bertz CT molecular complexity index is 713. The average molecular weight is 423 g/mol. The fourth-order valence-electron chi connectivity index (χ4n) is 3.42. The summed E-state index contributed by atoms with van der Waals surface area (Å²) < 4.78 is 24.6. The minimum absolute atomic E-state index is 0.198. The summed E-state index contributed by atoms with van der Waals surface area (Å²) in [7, 11) is 1.72. The number of benzene rings is 1. The molecule has 0 aromatic heterocycles. The first kappa shape index (κ1) is 23.9. The second kappa shape index (κ2) is 11.2. The molecule has 168 valence electrons. The topological polar surface area (TPSA) is 84.0 Å². The minimum atomic E-state index is -0.504. The van der Waals surface area contributed by atoms with Crippen molar-refractivity contribution in [1.29, 1.82) is 0 Å². The first-order chi connectivity index (χ1) is 14.2. The maximum atomic E-state index is 13.8. The highest BCUT2D eigenvalue weighted by Gasteiger charge is 2.34. The minimum Gasteiger partial charge on any atom is -0.444 e. The van der Waals surface area contributed by atoms with Crippen molar-refractivity contribution in [3.63, 3.8) is 0 Å². The SMILES string of the molecule is CN=C(NCCCNC(=O)OC(C)(C)C)NCC1(c2cccc(F)c2)CCOCC1. The van der Waals surface area contributed by atoms with Crippen LogP contribution in [0, 0.1) is 5.82 Å². The van der Waals surface area contributed by atoms with Gasteiger partial charge in [-0.15, -0.1) is 0 Å². The predicted molar refractivity (Wildman–Crippen MR) is 116 cm³/mol. The smallest absolute Gasteiger partial charge is 0.407 e. The van der Waals surface area contributed by atoms with Crippen molar-refractivity contribution in [2.75, 3.05) is 39.9 Å². The number of ether oxygens (including phenoxy) is 2. The van der Waals surface area contributed by atoms with Crippen LogP contribution in [-0.4, -0.2) is 57.5 Å². The van der Waals surface area contributed by atoms with Crippen LogP contribution in [0.1, 0.15) is 45.6 Å². The second-order valence-electron chi connectivity index (χ2n) is 8.54. The van der Waals surface area contributed by atoms with Gasteiger partial charge < -0.3 is 25.4 Å². The number of guanidine groups is 1. The highest BCUT2D eigenvalue weighted by molar-refractivity contribution is 5.79. The number of hydrogen-bond acceptors (Lipinski definition) is 4. The summed E-state index contributed by atoms with van der Waals surface area (Å²) in [4.78, 5) is 15.9. The molecule has 1 aliphatic rings. The van der Waals surface area contributed by atoms with E-state index >= 15 is 0 Å². The van der Waals surface area contributed by atoms with Crippen LogP contribution < -0.4 is 16.0 Å². The van der Waals surface area contributed by atoms with Crippen LogP contribution in [-0.2, 0) is 14.9 Å². The van der Waals surface area contributed by atoms with Gasteiger partial charge in [-0.05, 0) is 57.7 Å². The summed E-state index contributed by atoms with van der Waals surface area (Å²) in [6.45, 7) is 8.59. The average Bonchev–Trinajstić information content (AvgIpc) is 2.69. The molecule has 2 rings (SSSR count). The number of nitrogens with zero attached hydrogens (tertiary/aromatic N) is 1. The molecular formula is C22H35FN4O3. The van der Waals surface area contributed by atoms with E-state index in [9.17, 15) is 9.18 Å². The molecule has 1 aromatic rings. The molecule has 0 saturated carbocycles. The predicted octanol–water partition coefficient (Wildman–Crippen LogP) is 2.95. The number of carbonyl (C=O) groups excluding carboxylic acids is 1. The Balaban J connectivity index is 1.81. The number of nitrogens with one attached hydrogen (secondary N) is 3. The first-order valence-electron chi connectivity index (χ1n) is 10.5. The van der Waals surface area contributed by atoms with Crippen molar-refractivity contribution in [3.8, 4) is 0 Å². The zero-order chi connectivity index (χ0) is 22.0. The van der Waals surface area contributed by atoms with Gasteiger partial charge in [-0.2, -0.15) is 0 Å². The lowest BCUT2D eigenvalue weighted by Crippen LogP contribution is -2.48. The normalized spacial score (nSPS) is 16.6. The van der Waals surface area contributed by atoms with E-state index in [2.05, 4.69) is 20.9 Å². The molecule has 1 aliphatic heterocycles. The maximum absolute atomic E-state index is 13.8. The van der Waals surface area contributed by atoms with E-state index in [1.54, 1.807) is 19.2 Å². The van der Waals surface area contributed by atoms with Gasteiger partial charge in [0.05, 0.1) is 0 Å². The second-order valence-corrected chi connectivity index (χ2v) is 8.54. The monoisotopic (exact) mass is 422 g/mol. The Labute approximate surface area is 178 Å². The molecule has 7 nitrogen and oxygen atoms in total. The molecule has 3 N–H and O–H groups in total. The van der Waals surface area contributed by atoms with Crippen LogP contribution in [0.4, 0.5) is 9.18 Å². The third-order valence-electron chi connectivity index (χ3n) is 5.02. The molecule has 0 bridgehead atoms. The van der Waals surface area contributed by atoms with E-state index in [0.717, 1.165) is 24.8 Å². The van der Waals surface area contributed by atoms with Crippen LogP contribution >= 0.6 is 0 Å². The summed E-state index contributed by atoms with van der Waals surface area (Å²) in [5.41, 5.74) is 0.280. The van der Waals surface area contributed by atoms with Crippen LogP contribution in [0.25, 0.3) is 0 Å². The summed E-state index contributed by atoms with van der Waals surface area (Å²) in [6, 6.07) is 6.82. The molecule has 8 heteroatoms. The number of rotatable bonds is 7. The molecule has 0 unspecified atom stereocenters. The van der Waals surface area contributed by atoms with Crippen LogP contribution in [0.2, 0.25) is 0 Å². The quantitative estimate of drug-likeness (QED) is 0.357. The van der Waals surface area contributed by atoms with Crippen molar-refractivity contribution >= 4 is 12.1 Å². The van der Waals surface area contributed by atoms with Gasteiger partial charge in [-0.25, -0.2) is 9.18 Å². The highest BCUT2D eigenvalue weighted by Crippen LogP contribution is 2.34. The highest BCUT2D eigenvalue weighted by atomic mass is 19.1. The summed E-state index contributed by atoms with van der Waals surface area (Å²) in [5.74, 6) is 0.452. The molecule has 0 aliphatic carbocycles. The Morgan fingerprint density at radius 1 is 1.20 bits per heavy atom. The third kappa shape index (κ3) is 7.82. The molecule has 1 saturated heterocycles. The Morgan fingerprint density at radius 3 is 2.53 bits per heavy atom. The molecular weight excluding hydrogens is 387 g/mol. The van der Waals surface area contributed by atoms with Gasteiger partial charge in [0.25, 0.3) is 0 Å². The van der Waals surface area contributed by atoms with Gasteiger partial charge in [0.15, 0.2) is 5.96 Å². The van der Waals surface area contributed by atoms with Gasteiger partial charge in [0.2, 0.25) is 0 Å². The molecule has 0 radical (unpaired) electrons. The zero-order valence-electron chi connectivity index (χ0n) is 18.5. The fourth-order valence-corrected chi connectivity index (χ4v) is 3.42. The van der Waals surface area contributed by atoms with Crippen LogP contribution in [0.15, 0.2) is 29.3 Å². The number of alkyl carbamates (subject to hydrolysis) is 1. The van der Waals surface area contributed by atoms with Crippen molar-refractivity contribution in [3.05, 3.63) is 35.6 Å². The van der Waals surface area contributed by atoms with Crippen molar-refractivity contribution < 1.29 is 18.7 Å². The number of hydrogen-bond donors (Lipinski definition) is 3. The number of carbonyl (C=O) groups is 1. The van der Waals surface area contributed by atoms with Gasteiger partial charge in [-0.3, -0.25) is 4.99 Å². The van der Waals surface area contributed by atoms with E-state index in [0.29, 0.717) is 38.8 Å². The van der Waals surface area contributed by atoms with E-state index in [-0.39, 0.29) is 11.2 Å². The van der Waals surface area contributed by atoms with Crippen molar-refractivity contribution in [2.24, 2.45) is 4.99 Å². The Morgan fingerprint density at radius 2 is 1.90 bits per heavy atom. The molecule has 1 amide bonds. The van der Waals surface area contributed by atoms with Gasteiger partial charge >= 0.3 is 6.09 Å². The van der Waals surface area contributed by atoms with E-state index in [4.69, 9.17) is 9.47 Å². The molecule has 0 atom stereocenters. The fraction of sp³-hybridized carbons (Fsp3) is 0.636. The van der Waals surface area contributed by atoms with Crippen molar-refractivity contribution in [1.82, 2.24) is 16.0 Å². The lowest BCUT2D eigenvalue weighted by Gasteiger charge is -2.38. The molecule has 1 fully saturated rings. The Hall–Kier alpha value is -2.35. The lowest BCUT2D eigenvalue weighted by atomic mass is 9.74. The van der Waals surface area contributed by atoms with Gasteiger partial charge in [-0.1, -0.05) is 12.1 Å². The van der Waals surface area contributed by atoms with Crippen LogP contribution in [0.3, 0.4) is 0 Å². The van der Waals surface area contributed by atoms with Crippen LogP contribution in [0.5, 0.6) is 0 Å². The van der Waals surface area contributed by atoms with E-state index in [1.165, 1.54) is 6.07 Å². The Kier molecular flexibility index (Phi) is 8.89. The first-order valence-corrected chi connectivity index (χ1v) is 10.5. The van der Waals surface area contributed by atoms with Gasteiger partial charge in [0.1, 0.15) is 11.4 Å². The summed E-state index contributed by atoms with van der Waals surface area (Å²) in [5, 5.41) is 9.37. The van der Waals surface area contributed by atoms with E-state index in [1.807, 2.05) is 26.8 Å². The molecule has 1 heterocycles. The molecule has 1 aromatic carbocycles. The maximum Gasteiger partial charge on any atom is 0.407 e. The summed E-state index contributed by atoms with van der Waals surface area (Å²) in [6.07, 6.45) is 1.95. The van der Waals surface area contributed by atoms with Crippen molar-refractivity contribution in [2.45, 2.75) is 51.0 Å². The van der Waals surface area contributed by atoms with Gasteiger partial charge in [0, 0.05) is 45.3 Å². The largest absolute Gasteiger partial charge is 0.444 e. The number of halogens is 1. The third-order valence-corrected chi connectivity index (χ3v) is 5.02.